The Hall–Kier alpha value is -3.59. The maximum Gasteiger partial charge on any atom is 0.337 e. The molecule has 0 saturated carbocycles. The van der Waals surface area contributed by atoms with Gasteiger partial charge in [0.25, 0.3) is 0 Å². The average Bonchev–Trinajstić information content (AvgIpc) is 3.26. The van der Waals surface area contributed by atoms with Crippen LogP contribution in [0.3, 0.4) is 0 Å². The third-order valence-corrected chi connectivity index (χ3v) is 4.78. The summed E-state index contributed by atoms with van der Waals surface area (Å²) >= 11 is 0. The molecule has 2 atom stereocenters. The van der Waals surface area contributed by atoms with E-state index in [0.29, 0.717) is 17.8 Å². The Morgan fingerprint density at radius 1 is 1.10 bits per heavy atom. The second-order valence-corrected chi connectivity index (χ2v) is 6.77. The van der Waals surface area contributed by atoms with Gasteiger partial charge in [-0.05, 0) is 48.7 Å². The Labute approximate surface area is 166 Å². The van der Waals surface area contributed by atoms with Crippen molar-refractivity contribution in [3.05, 3.63) is 76.6 Å². The number of carboxylic acids is 1. The SMILES string of the molecule is COC(=O)c1ccc(C(C[C@H](C)N)(c2ccc(C(=O)O)cc2)c2nn[nH]n2)cc1. The second kappa shape index (κ2) is 8.19. The molecule has 4 N–H and O–H groups in total. The van der Waals surface area contributed by atoms with Crippen molar-refractivity contribution in [2.24, 2.45) is 5.73 Å². The minimum atomic E-state index is -1.02. The van der Waals surface area contributed by atoms with Gasteiger partial charge in [-0.1, -0.05) is 29.5 Å². The summed E-state index contributed by atoms with van der Waals surface area (Å²) in [6.45, 7) is 1.86. The standard InChI is InChI=1S/C20H21N5O4/c1-12(21)11-20(19-22-24-25-23-19,15-7-3-13(4-8-15)17(26)27)16-9-5-14(6-10-16)18(28)29-2/h3-10,12H,11,21H2,1-2H3,(H,26,27)(H,22,23,24,25)/t12-,20?/m0/s1. The van der Waals surface area contributed by atoms with Crippen molar-refractivity contribution in [3.63, 3.8) is 0 Å². The van der Waals surface area contributed by atoms with Crippen molar-refractivity contribution in [2.75, 3.05) is 7.11 Å². The molecule has 0 fully saturated rings. The number of nitrogens with zero attached hydrogens (tertiary/aromatic N) is 3. The van der Waals surface area contributed by atoms with E-state index in [1.807, 2.05) is 6.92 Å². The third kappa shape index (κ3) is 3.85. The average molecular weight is 395 g/mol. The zero-order valence-electron chi connectivity index (χ0n) is 16.0. The highest BCUT2D eigenvalue weighted by Gasteiger charge is 2.41. The van der Waals surface area contributed by atoms with Crippen LogP contribution in [0.4, 0.5) is 0 Å². The van der Waals surface area contributed by atoms with Crippen molar-refractivity contribution >= 4 is 11.9 Å². The van der Waals surface area contributed by atoms with Crippen molar-refractivity contribution in [1.29, 1.82) is 0 Å². The number of methoxy groups -OCH3 is 1. The molecule has 150 valence electrons. The monoisotopic (exact) mass is 395 g/mol. The van der Waals surface area contributed by atoms with Gasteiger partial charge in [-0.2, -0.15) is 5.21 Å². The first-order chi connectivity index (χ1) is 13.9. The summed E-state index contributed by atoms with van der Waals surface area (Å²) in [7, 11) is 1.32. The lowest BCUT2D eigenvalue weighted by Gasteiger charge is -2.33. The third-order valence-electron chi connectivity index (χ3n) is 4.78. The minimum Gasteiger partial charge on any atom is -0.478 e. The molecule has 0 bridgehead atoms. The van der Waals surface area contributed by atoms with Gasteiger partial charge in [-0.25, -0.2) is 9.59 Å². The highest BCUT2D eigenvalue weighted by Crippen LogP contribution is 2.41. The molecule has 29 heavy (non-hydrogen) atoms. The highest BCUT2D eigenvalue weighted by atomic mass is 16.5. The summed E-state index contributed by atoms with van der Waals surface area (Å²) in [5, 5.41) is 23.8. The van der Waals surface area contributed by atoms with Gasteiger partial charge in [-0.15, -0.1) is 10.2 Å². The molecule has 1 aromatic heterocycles. The molecule has 0 aliphatic heterocycles. The molecule has 0 radical (unpaired) electrons. The van der Waals surface area contributed by atoms with E-state index in [1.165, 1.54) is 19.2 Å². The first kappa shape index (κ1) is 20.2. The summed E-state index contributed by atoms with van der Waals surface area (Å²) in [6, 6.07) is 13.1. The van der Waals surface area contributed by atoms with E-state index in [-0.39, 0.29) is 11.6 Å². The zero-order valence-corrected chi connectivity index (χ0v) is 16.0. The minimum absolute atomic E-state index is 0.164. The predicted molar refractivity (Wildman–Crippen MR) is 104 cm³/mol. The number of carbonyl (C=O) groups is 2. The molecule has 1 heterocycles. The summed E-state index contributed by atoms with van der Waals surface area (Å²) in [4.78, 5) is 23.1. The maximum atomic E-state index is 11.8. The number of tetrazole rings is 1. The van der Waals surface area contributed by atoms with Gasteiger partial charge in [-0.3, -0.25) is 0 Å². The van der Waals surface area contributed by atoms with Crippen molar-refractivity contribution < 1.29 is 19.4 Å². The van der Waals surface area contributed by atoms with Crippen molar-refractivity contribution in [2.45, 2.75) is 24.8 Å². The number of hydrogen-bond acceptors (Lipinski definition) is 7. The van der Waals surface area contributed by atoms with Gasteiger partial charge >= 0.3 is 11.9 Å². The summed E-state index contributed by atoms with van der Waals surface area (Å²) < 4.78 is 4.76. The Balaban J connectivity index is 2.22. The molecule has 2 aromatic carbocycles. The molecule has 1 unspecified atom stereocenters. The van der Waals surface area contributed by atoms with E-state index in [9.17, 15) is 14.7 Å². The van der Waals surface area contributed by atoms with Gasteiger partial charge in [0, 0.05) is 6.04 Å². The number of carboxylic acid groups (broad SMARTS) is 1. The first-order valence-electron chi connectivity index (χ1n) is 8.90. The van der Waals surface area contributed by atoms with Crippen LogP contribution >= 0.6 is 0 Å². The van der Waals surface area contributed by atoms with Crippen LogP contribution in [0.1, 0.15) is 51.0 Å². The number of aromatic carboxylic acids is 1. The lowest BCUT2D eigenvalue weighted by atomic mass is 9.69. The van der Waals surface area contributed by atoms with Crippen molar-refractivity contribution in [3.8, 4) is 0 Å². The Morgan fingerprint density at radius 2 is 1.66 bits per heavy atom. The molecule has 9 nitrogen and oxygen atoms in total. The molecule has 0 amide bonds. The lowest BCUT2D eigenvalue weighted by molar-refractivity contribution is 0.0599. The fraction of sp³-hybridized carbons (Fsp3) is 0.250. The van der Waals surface area contributed by atoms with Crippen LogP contribution in [0.5, 0.6) is 0 Å². The van der Waals surface area contributed by atoms with Gasteiger partial charge < -0.3 is 15.6 Å². The Kier molecular flexibility index (Phi) is 5.69. The van der Waals surface area contributed by atoms with Gasteiger partial charge in [0.2, 0.25) is 0 Å². The summed E-state index contributed by atoms with van der Waals surface area (Å²) in [5.41, 5.74) is 7.39. The van der Waals surface area contributed by atoms with E-state index in [1.54, 1.807) is 36.4 Å². The van der Waals surface area contributed by atoms with Crippen LogP contribution < -0.4 is 5.73 Å². The quantitative estimate of drug-likeness (QED) is 0.513. The first-order valence-corrected chi connectivity index (χ1v) is 8.90. The fourth-order valence-corrected chi connectivity index (χ4v) is 3.48. The zero-order chi connectivity index (χ0) is 21.0. The number of nitrogens with one attached hydrogen (secondary N) is 1. The topological polar surface area (TPSA) is 144 Å². The number of benzene rings is 2. The molecule has 0 saturated heterocycles. The molecule has 3 rings (SSSR count). The molecule has 9 heteroatoms. The van der Waals surface area contributed by atoms with Crippen LogP contribution in [-0.2, 0) is 10.2 Å². The van der Waals surface area contributed by atoms with E-state index >= 15 is 0 Å². The number of aromatic nitrogens is 4. The maximum absolute atomic E-state index is 11.8. The van der Waals surface area contributed by atoms with E-state index in [2.05, 4.69) is 20.6 Å². The molecule has 0 aliphatic carbocycles. The van der Waals surface area contributed by atoms with Gasteiger partial charge in [0.1, 0.15) is 0 Å². The molecular weight excluding hydrogens is 374 g/mol. The number of ether oxygens (including phenoxy) is 1. The van der Waals surface area contributed by atoms with Crippen molar-refractivity contribution in [1.82, 2.24) is 20.6 Å². The number of esters is 1. The van der Waals surface area contributed by atoms with Crippen LogP contribution in [0.25, 0.3) is 0 Å². The summed E-state index contributed by atoms with van der Waals surface area (Å²) in [6.07, 6.45) is 0.427. The summed E-state index contributed by atoms with van der Waals surface area (Å²) in [5.74, 6) is -1.07. The Morgan fingerprint density at radius 3 is 2.07 bits per heavy atom. The second-order valence-electron chi connectivity index (χ2n) is 6.77. The van der Waals surface area contributed by atoms with Crippen LogP contribution in [0.15, 0.2) is 48.5 Å². The van der Waals surface area contributed by atoms with Gasteiger partial charge in [0.05, 0.1) is 23.7 Å². The number of H-pyrrole nitrogens is 1. The largest absolute Gasteiger partial charge is 0.478 e. The van der Waals surface area contributed by atoms with E-state index in [0.717, 1.165) is 11.1 Å². The van der Waals surface area contributed by atoms with E-state index < -0.39 is 17.4 Å². The van der Waals surface area contributed by atoms with Crippen LogP contribution in [0.2, 0.25) is 0 Å². The lowest BCUT2D eigenvalue weighted by Crippen LogP contribution is -2.37. The highest BCUT2D eigenvalue weighted by molar-refractivity contribution is 5.89. The molecule has 0 aliphatic rings. The smallest absolute Gasteiger partial charge is 0.337 e. The molecule has 0 spiro atoms. The van der Waals surface area contributed by atoms with Crippen LogP contribution in [0, 0.1) is 0 Å². The van der Waals surface area contributed by atoms with Crippen LogP contribution in [-0.4, -0.2) is 50.8 Å². The number of hydrogen-bond donors (Lipinski definition) is 3. The molecule has 3 aromatic rings. The number of rotatable bonds is 7. The normalized spacial score (nSPS) is 14.0. The fourth-order valence-electron chi connectivity index (χ4n) is 3.48. The molecular formula is C20H21N5O4. The Bertz CT molecular complexity index is 985. The predicted octanol–water partition coefficient (Wildman–Crippen LogP) is 1.76. The van der Waals surface area contributed by atoms with Gasteiger partial charge in [0.15, 0.2) is 5.82 Å². The van der Waals surface area contributed by atoms with E-state index in [4.69, 9.17) is 10.5 Å². The number of carbonyl (C=O) groups excluding carboxylic acids is 1. The number of aromatic amines is 1. The number of nitrogens with two attached hydrogens (primary N) is 1.